The minimum atomic E-state index is -0.430. The van der Waals surface area contributed by atoms with Gasteiger partial charge in [0.25, 0.3) is 0 Å². The van der Waals surface area contributed by atoms with Crippen LogP contribution in [0.15, 0.2) is 18.2 Å². The fourth-order valence-corrected chi connectivity index (χ4v) is 4.25. The quantitative estimate of drug-likeness (QED) is 0.848. The first kappa shape index (κ1) is 12.2. The van der Waals surface area contributed by atoms with Gasteiger partial charge in [-0.05, 0) is 31.2 Å². The zero-order chi connectivity index (χ0) is 12.8. The van der Waals surface area contributed by atoms with Crippen molar-refractivity contribution in [2.45, 2.75) is 36.7 Å². The van der Waals surface area contributed by atoms with Crippen LogP contribution in [0.2, 0.25) is 0 Å². The van der Waals surface area contributed by atoms with Crippen LogP contribution >= 0.6 is 11.8 Å². The maximum absolute atomic E-state index is 10.3. The molecule has 1 saturated heterocycles. The van der Waals surface area contributed by atoms with Gasteiger partial charge in [-0.1, -0.05) is 0 Å². The fourth-order valence-electron chi connectivity index (χ4n) is 2.87. The highest BCUT2D eigenvalue weighted by Crippen LogP contribution is 2.49. The van der Waals surface area contributed by atoms with E-state index in [1.165, 1.54) is 0 Å². The highest BCUT2D eigenvalue weighted by molar-refractivity contribution is 8.00. The van der Waals surface area contributed by atoms with Crippen LogP contribution < -0.4 is 9.47 Å². The van der Waals surface area contributed by atoms with Gasteiger partial charge in [-0.2, -0.15) is 11.8 Å². The molecule has 1 aromatic rings. The molecule has 0 aromatic heterocycles. The molecule has 0 amide bonds. The van der Waals surface area contributed by atoms with Crippen molar-refractivity contribution in [1.82, 2.24) is 0 Å². The molecule has 0 bridgehead atoms. The molecule has 2 heterocycles. The first-order valence-electron chi connectivity index (χ1n) is 6.31. The first-order valence-corrected chi connectivity index (χ1v) is 7.36. The molecule has 3 atom stereocenters. The lowest BCUT2D eigenvalue weighted by Gasteiger charge is -2.40. The molecule has 0 saturated carbocycles. The molecule has 3 rings (SSSR count). The predicted octanol–water partition coefficient (Wildman–Crippen LogP) is 2.78. The minimum absolute atomic E-state index is 0.205. The van der Waals surface area contributed by atoms with Crippen LogP contribution in [-0.4, -0.2) is 28.8 Å². The van der Waals surface area contributed by atoms with E-state index in [1.807, 2.05) is 30.0 Å². The van der Waals surface area contributed by atoms with E-state index < -0.39 is 6.10 Å². The van der Waals surface area contributed by atoms with E-state index in [4.69, 9.17) is 9.47 Å². The summed E-state index contributed by atoms with van der Waals surface area (Å²) in [5.41, 5.74) is 0.675. The normalized spacial score (nSPS) is 34.2. The third kappa shape index (κ3) is 1.79. The highest BCUT2D eigenvalue weighted by Gasteiger charge is 2.48. The van der Waals surface area contributed by atoms with Gasteiger partial charge in [0, 0.05) is 23.3 Å². The zero-order valence-electron chi connectivity index (χ0n) is 10.7. The zero-order valence-corrected chi connectivity index (χ0v) is 11.5. The largest absolute Gasteiger partial charge is 0.497 e. The van der Waals surface area contributed by atoms with Crippen LogP contribution in [0.4, 0.5) is 0 Å². The molecule has 0 aliphatic carbocycles. The number of thioether (sulfide) groups is 1. The number of hydrogen-bond acceptors (Lipinski definition) is 4. The fraction of sp³-hybridized carbons (Fsp3) is 0.571. The van der Waals surface area contributed by atoms with Gasteiger partial charge >= 0.3 is 0 Å². The average Bonchev–Trinajstić information content (AvgIpc) is 2.69. The molecule has 2 aliphatic heterocycles. The summed E-state index contributed by atoms with van der Waals surface area (Å²) in [4.78, 5) is 0. The van der Waals surface area contributed by atoms with E-state index >= 15 is 0 Å². The lowest BCUT2D eigenvalue weighted by Crippen LogP contribution is -2.45. The Morgan fingerprint density at radius 2 is 2.33 bits per heavy atom. The molecule has 1 N–H and O–H groups in total. The second kappa shape index (κ2) is 4.35. The highest BCUT2D eigenvalue weighted by atomic mass is 32.2. The third-order valence-electron chi connectivity index (χ3n) is 4.07. The molecule has 1 aromatic carbocycles. The van der Waals surface area contributed by atoms with Crippen molar-refractivity contribution in [2.75, 3.05) is 12.9 Å². The summed E-state index contributed by atoms with van der Waals surface area (Å²) in [5, 5.41) is 10.8. The summed E-state index contributed by atoms with van der Waals surface area (Å²) in [6.07, 6.45) is 1.27. The van der Waals surface area contributed by atoms with Gasteiger partial charge in [-0.3, -0.25) is 0 Å². The number of fused-ring (bicyclic) bond motifs is 1. The Morgan fingerprint density at radius 3 is 3.00 bits per heavy atom. The number of rotatable bonds is 1. The summed E-state index contributed by atoms with van der Waals surface area (Å²) in [6.45, 7) is 2.19. The topological polar surface area (TPSA) is 38.7 Å². The summed E-state index contributed by atoms with van der Waals surface area (Å²) in [5.74, 6) is 2.66. The maximum atomic E-state index is 10.3. The Balaban J connectivity index is 1.99. The monoisotopic (exact) mass is 266 g/mol. The summed E-state index contributed by atoms with van der Waals surface area (Å²) in [6, 6.07) is 5.66. The van der Waals surface area contributed by atoms with E-state index in [-0.39, 0.29) is 5.60 Å². The average molecular weight is 266 g/mol. The lowest BCUT2D eigenvalue weighted by molar-refractivity contribution is -0.0104. The standard InChI is InChI=1S/C14H18O3S/c1-9-14(5-6-18-9)8-12(15)11-4-3-10(16-2)7-13(11)17-14/h3-4,7,9,12,15H,5-6,8H2,1-2H3/t9?,12-,14?/m1/s1. The van der Waals surface area contributed by atoms with E-state index in [9.17, 15) is 5.11 Å². The molecule has 1 spiro atoms. The molecule has 18 heavy (non-hydrogen) atoms. The second-order valence-electron chi connectivity index (χ2n) is 5.05. The Bertz CT molecular complexity index is 462. The molecular formula is C14H18O3S. The van der Waals surface area contributed by atoms with Gasteiger partial charge in [-0.25, -0.2) is 0 Å². The maximum Gasteiger partial charge on any atom is 0.129 e. The van der Waals surface area contributed by atoms with Gasteiger partial charge in [0.2, 0.25) is 0 Å². The lowest BCUT2D eigenvalue weighted by atomic mass is 9.85. The van der Waals surface area contributed by atoms with Crippen molar-refractivity contribution in [3.05, 3.63) is 23.8 Å². The number of hydrogen-bond donors (Lipinski definition) is 1. The van der Waals surface area contributed by atoms with Crippen molar-refractivity contribution in [3.63, 3.8) is 0 Å². The van der Waals surface area contributed by atoms with E-state index in [0.29, 0.717) is 11.7 Å². The number of aliphatic hydroxyl groups is 1. The minimum Gasteiger partial charge on any atom is -0.497 e. The molecule has 98 valence electrons. The van der Waals surface area contributed by atoms with Crippen LogP contribution in [0.1, 0.15) is 31.4 Å². The number of aliphatic hydroxyl groups excluding tert-OH is 1. The molecule has 1 fully saturated rings. The van der Waals surface area contributed by atoms with Gasteiger partial charge < -0.3 is 14.6 Å². The molecule has 0 radical (unpaired) electrons. The van der Waals surface area contributed by atoms with Crippen LogP contribution in [-0.2, 0) is 0 Å². The van der Waals surface area contributed by atoms with E-state index in [2.05, 4.69) is 6.92 Å². The van der Waals surface area contributed by atoms with Crippen molar-refractivity contribution >= 4 is 11.8 Å². The molecular weight excluding hydrogens is 248 g/mol. The SMILES string of the molecule is COc1ccc2c(c1)OC1(CCSC1C)C[C@H]2O. The van der Waals surface area contributed by atoms with Crippen molar-refractivity contribution in [3.8, 4) is 11.5 Å². The number of ether oxygens (including phenoxy) is 2. The summed E-state index contributed by atoms with van der Waals surface area (Å²) >= 11 is 1.92. The van der Waals surface area contributed by atoms with Crippen LogP contribution in [0.25, 0.3) is 0 Å². The van der Waals surface area contributed by atoms with E-state index in [1.54, 1.807) is 7.11 Å². The van der Waals surface area contributed by atoms with Gasteiger partial charge in [0.15, 0.2) is 0 Å². The van der Waals surface area contributed by atoms with Gasteiger partial charge in [-0.15, -0.1) is 0 Å². The first-order chi connectivity index (χ1) is 8.64. The summed E-state index contributed by atoms with van der Waals surface area (Å²) < 4.78 is 11.5. The van der Waals surface area contributed by atoms with Crippen molar-refractivity contribution < 1.29 is 14.6 Å². The Labute approximate surface area is 111 Å². The number of methoxy groups -OCH3 is 1. The molecule has 2 unspecified atom stereocenters. The van der Waals surface area contributed by atoms with Crippen LogP contribution in [0.5, 0.6) is 11.5 Å². The Hall–Kier alpha value is -0.870. The number of benzene rings is 1. The van der Waals surface area contributed by atoms with Gasteiger partial charge in [0.1, 0.15) is 17.1 Å². The van der Waals surface area contributed by atoms with Crippen LogP contribution in [0.3, 0.4) is 0 Å². The predicted molar refractivity (Wildman–Crippen MR) is 72.5 cm³/mol. The molecule has 2 aliphatic rings. The summed E-state index contributed by atoms with van der Waals surface area (Å²) in [7, 11) is 1.64. The second-order valence-corrected chi connectivity index (χ2v) is 6.50. The molecule has 4 heteroatoms. The van der Waals surface area contributed by atoms with E-state index in [0.717, 1.165) is 29.2 Å². The third-order valence-corrected chi connectivity index (χ3v) is 5.44. The van der Waals surface area contributed by atoms with Crippen molar-refractivity contribution in [2.24, 2.45) is 0 Å². The van der Waals surface area contributed by atoms with Crippen LogP contribution in [0, 0.1) is 0 Å². The van der Waals surface area contributed by atoms with Crippen molar-refractivity contribution in [1.29, 1.82) is 0 Å². The Kier molecular flexibility index (Phi) is 2.94. The molecule has 3 nitrogen and oxygen atoms in total. The Morgan fingerprint density at radius 1 is 1.50 bits per heavy atom. The smallest absolute Gasteiger partial charge is 0.129 e. The van der Waals surface area contributed by atoms with Gasteiger partial charge in [0.05, 0.1) is 13.2 Å².